The zero-order chi connectivity index (χ0) is 10.8. The van der Waals surface area contributed by atoms with Crippen molar-refractivity contribution < 1.29 is 9.50 Å². The van der Waals surface area contributed by atoms with Crippen LogP contribution in [-0.2, 0) is 0 Å². The van der Waals surface area contributed by atoms with Crippen molar-refractivity contribution >= 4 is 0 Å². The molecule has 15 heavy (non-hydrogen) atoms. The number of hydrogen-bond acceptors (Lipinski definition) is 3. The highest BCUT2D eigenvalue weighted by molar-refractivity contribution is 5.64. The summed E-state index contributed by atoms with van der Waals surface area (Å²) in [5, 5.41) is 9.27. The Morgan fingerprint density at radius 3 is 2.40 bits per heavy atom. The first-order valence-electron chi connectivity index (χ1n) is 4.43. The quantitative estimate of drug-likeness (QED) is 0.775. The minimum absolute atomic E-state index is 0.310. The second-order valence-electron chi connectivity index (χ2n) is 3.25. The standard InChI is InChI=1S/C11H9FN2O/c1-7-2-8(3-10(12)11(7)15)9-4-13-6-14-5-9/h2-6,15H,1H3. The van der Waals surface area contributed by atoms with Gasteiger partial charge in [-0.2, -0.15) is 0 Å². The topological polar surface area (TPSA) is 46.0 Å². The number of rotatable bonds is 1. The number of aromatic hydroxyl groups is 1. The molecule has 0 fully saturated rings. The SMILES string of the molecule is Cc1cc(-c2cncnc2)cc(F)c1O. The lowest BCUT2D eigenvalue weighted by Crippen LogP contribution is -1.87. The van der Waals surface area contributed by atoms with E-state index in [0.29, 0.717) is 11.1 Å². The van der Waals surface area contributed by atoms with Gasteiger partial charge in [-0.3, -0.25) is 0 Å². The van der Waals surface area contributed by atoms with Gasteiger partial charge in [0.2, 0.25) is 0 Å². The second-order valence-corrected chi connectivity index (χ2v) is 3.25. The molecule has 0 saturated carbocycles. The van der Waals surface area contributed by atoms with E-state index >= 15 is 0 Å². The van der Waals surface area contributed by atoms with E-state index in [0.717, 1.165) is 5.56 Å². The third kappa shape index (κ3) is 1.79. The van der Waals surface area contributed by atoms with Crippen LogP contribution >= 0.6 is 0 Å². The molecule has 1 aromatic heterocycles. The summed E-state index contributed by atoms with van der Waals surface area (Å²) in [6.07, 6.45) is 4.60. The third-order valence-corrected chi connectivity index (χ3v) is 2.15. The van der Waals surface area contributed by atoms with Crippen LogP contribution in [0.4, 0.5) is 4.39 Å². The van der Waals surface area contributed by atoms with Gasteiger partial charge in [0.05, 0.1) is 0 Å². The number of aromatic nitrogens is 2. The molecule has 1 heterocycles. The van der Waals surface area contributed by atoms with Crippen LogP contribution in [0, 0.1) is 12.7 Å². The van der Waals surface area contributed by atoms with Crippen LogP contribution in [0.2, 0.25) is 0 Å². The highest BCUT2D eigenvalue weighted by Crippen LogP contribution is 2.27. The van der Waals surface area contributed by atoms with E-state index in [1.165, 1.54) is 12.4 Å². The van der Waals surface area contributed by atoms with E-state index in [-0.39, 0.29) is 5.75 Å². The van der Waals surface area contributed by atoms with Gasteiger partial charge in [0.15, 0.2) is 11.6 Å². The summed E-state index contributed by atoms with van der Waals surface area (Å²) in [5.74, 6) is -0.940. The Morgan fingerprint density at radius 1 is 1.13 bits per heavy atom. The van der Waals surface area contributed by atoms with E-state index in [1.807, 2.05) is 0 Å². The maximum Gasteiger partial charge on any atom is 0.165 e. The van der Waals surface area contributed by atoms with E-state index in [4.69, 9.17) is 0 Å². The molecule has 1 N–H and O–H groups in total. The fourth-order valence-electron chi connectivity index (χ4n) is 1.35. The zero-order valence-electron chi connectivity index (χ0n) is 8.11. The Balaban J connectivity index is 2.56. The summed E-state index contributed by atoms with van der Waals surface area (Å²) < 4.78 is 13.2. The van der Waals surface area contributed by atoms with Crippen molar-refractivity contribution in [2.24, 2.45) is 0 Å². The molecule has 0 bridgehead atoms. The molecule has 4 heteroatoms. The molecule has 0 saturated heterocycles. The van der Waals surface area contributed by atoms with Crippen LogP contribution in [-0.4, -0.2) is 15.1 Å². The van der Waals surface area contributed by atoms with E-state index < -0.39 is 5.82 Å². The molecule has 1 aromatic carbocycles. The van der Waals surface area contributed by atoms with E-state index in [2.05, 4.69) is 9.97 Å². The van der Waals surface area contributed by atoms with Gasteiger partial charge in [-0.15, -0.1) is 0 Å². The van der Waals surface area contributed by atoms with Crippen LogP contribution in [0.1, 0.15) is 5.56 Å². The highest BCUT2D eigenvalue weighted by atomic mass is 19.1. The molecule has 0 spiro atoms. The van der Waals surface area contributed by atoms with Crippen molar-refractivity contribution in [3.63, 3.8) is 0 Å². The molecule has 0 aliphatic heterocycles. The maximum absolute atomic E-state index is 13.2. The number of halogens is 1. The third-order valence-electron chi connectivity index (χ3n) is 2.15. The average molecular weight is 204 g/mol. The molecule has 76 valence electrons. The molecule has 3 nitrogen and oxygen atoms in total. The average Bonchev–Trinajstić information content (AvgIpc) is 2.26. The number of benzene rings is 1. The van der Waals surface area contributed by atoms with Crippen molar-refractivity contribution in [1.82, 2.24) is 9.97 Å². The highest BCUT2D eigenvalue weighted by Gasteiger charge is 2.07. The number of hydrogen-bond donors (Lipinski definition) is 1. The number of phenols is 1. The number of nitrogens with zero attached hydrogens (tertiary/aromatic N) is 2. The Hall–Kier alpha value is -1.97. The van der Waals surface area contributed by atoms with Gasteiger partial charge in [-0.05, 0) is 30.2 Å². The van der Waals surface area contributed by atoms with Gasteiger partial charge in [-0.25, -0.2) is 14.4 Å². The Bertz CT molecular complexity index is 462. The predicted molar refractivity (Wildman–Crippen MR) is 53.8 cm³/mol. The molecular formula is C11H9FN2O. The lowest BCUT2D eigenvalue weighted by atomic mass is 10.1. The van der Waals surface area contributed by atoms with Crippen LogP contribution in [0.5, 0.6) is 5.75 Å². The summed E-state index contributed by atoms with van der Waals surface area (Å²) in [7, 11) is 0. The van der Waals surface area contributed by atoms with Crippen LogP contribution in [0.25, 0.3) is 11.1 Å². The van der Waals surface area contributed by atoms with Gasteiger partial charge >= 0.3 is 0 Å². The van der Waals surface area contributed by atoms with Crippen LogP contribution in [0.3, 0.4) is 0 Å². The van der Waals surface area contributed by atoms with E-state index in [1.54, 1.807) is 25.4 Å². The molecule has 0 aliphatic rings. The van der Waals surface area contributed by atoms with Crippen molar-refractivity contribution in [3.05, 3.63) is 42.2 Å². The van der Waals surface area contributed by atoms with Crippen molar-refractivity contribution in [3.8, 4) is 16.9 Å². The van der Waals surface area contributed by atoms with Gasteiger partial charge in [0.25, 0.3) is 0 Å². The molecule has 0 atom stereocenters. The lowest BCUT2D eigenvalue weighted by Gasteiger charge is -2.04. The van der Waals surface area contributed by atoms with Gasteiger partial charge < -0.3 is 5.11 Å². The van der Waals surface area contributed by atoms with E-state index in [9.17, 15) is 9.50 Å². The molecule has 0 aliphatic carbocycles. The monoisotopic (exact) mass is 204 g/mol. The molecular weight excluding hydrogens is 195 g/mol. The molecule has 2 aromatic rings. The number of phenolic OH excluding ortho intramolecular Hbond substituents is 1. The predicted octanol–water partition coefficient (Wildman–Crippen LogP) is 2.30. The smallest absolute Gasteiger partial charge is 0.165 e. The molecule has 2 rings (SSSR count). The van der Waals surface area contributed by atoms with Crippen molar-refractivity contribution in [2.75, 3.05) is 0 Å². The summed E-state index contributed by atoms with van der Waals surface area (Å²) in [5.41, 5.74) is 1.87. The van der Waals surface area contributed by atoms with Gasteiger partial charge in [0.1, 0.15) is 6.33 Å². The van der Waals surface area contributed by atoms with Crippen LogP contribution in [0.15, 0.2) is 30.9 Å². The Labute approximate surface area is 86.3 Å². The fraction of sp³-hybridized carbons (Fsp3) is 0.0909. The summed E-state index contributed by atoms with van der Waals surface area (Å²) >= 11 is 0. The minimum Gasteiger partial charge on any atom is -0.505 e. The first-order valence-corrected chi connectivity index (χ1v) is 4.43. The Morgan fingerprint density at radius 2 is 1.80 bits per heavy atom. The fourth-order valence-corrected chi connectivity index (χ4v) is 1.35. The summed E-state index contributed by atoms with van der Waals surface area (Å²) in [6.45, 7) is 1.64. The zero-order valence-corrected chi connectivity index (χ0v) is 8.11. The van der Waals surface area contributed by atoms with Crippen molar-refractivity contribution in [2.45, 2.75) is 6.92 Å². The van der Waals surface area contributed by atoms with Gasteiger partial charge in [0, 0.05) is 18.0 Å². The minimum atomic E-state index is -0.631. The first-order chi connectivity index (χ1) is 7.18. The lowest BCUT2D eigenvalue weighted by molar-refractivity contribution is 0.429. The second kappa shape index (κ2) is 3.65. The number of aryl methyl sites for hydroxylation is 1. The first kappa shape index (κ1) is 9.58. The molecule has 0 amide bonds. The van der Waals surface area contributed by atoms with Crippen LogP contribution < -0.4 is 0 Å². The van der Waals surface area contributed by atoms with Crippen molar-refractivity contribution in [1.29, 1.82) is 0 Å². The summed E-state index contributed by atoms with van der Waals surface area (Å²) in [6, 6.07) is 2.96. The maximum atomic E-state index is 13.2. The molecule has 0 radical (unpaired) electrons. The van der Waals surface area contributed by atoms with Gasteiger partial charge in [-0.1, -0.05) is 0 Å². The normalized spacial score (nSPS) is 10.3. The largest absolute Gasteiger partial charge is 0.505 e. The summed E-state index contributed by atoms with van der Waals surface area (Å²) in [4.78, 5) is 7.69. The Kier molecular flexibility index (Phi) is 2.33. The molecule has 0 unspecified atom stereocenters.